The van der Waals surface area contributed by atoms with Crippen LogP contribution in [0.4, 0.5) is 0 Å². The molecular formula is C22H25N3O9S. The van der Waals surface area contributed by atoms with Crippen molar-refractivity contribution in [2.24, 2.45) is 0 Å². The van der Waals surface area contributed by atoms with Crippen LogP contribution in [0.2, 0.25) is 0 Å². The van der Waals surface area contributed by atoms with E-state index in [1.165, 1.54) is 18.5 Å². The topological polar surface area (TPSA) is 148 Å². The monoisotopic (exact) mass is 507 g/mol. The maximum Gasteiger partial charge on any atom is 0.303 e. The maximum atomic E-state index is 12.1. The molecule has 0 saturated carbocycles. The lowest BCUT2D eigenvalue weighted by atomic mass is 9.95. The first-order valence-electron chi connectivity index (χ1n) is 10.6. The Morgan fingerprint density at radius 3 is 2.20 bits per heavy atom. The third-order valence-electron chi connectivity index (χ3n) is 4.92. The zero-order chi connectivity index (χ0) is 25.7. The second-order valence-electron chi connectivity index (χ2n) is 7.73. The fourth-order valence-corrected chi connectivity index (χ4v) is 3.89. The Labute approximate surface area is 205 Å². The number of hydrogen-bond donors (Lipinski definition) is 1. The molecule has 0 unspecified atom stereocenters. The molecule has 0 aliphatic carbocycles. The minimum absolute atomic E-state index is 0.0945. The number of esters is 3. The van der Waals surface area contributed by atoms with Gasteiger partial charge >= 0.3 is 17.9 Å². The standard InChI is InChI=1S/C22H25N3O9S/c1-11(26)23-17-19(32-14(4)29)18(31-13(3)28)16(10-30-12(2)27)33-21(17)25-22(35)34-20(24-25)15-8-6-5-7-9-15/h5-9,16-19,21H,10H2,1-4H3,(H,23,26)/t16-,17-,18-,19-,21-/m1/s1. The molecule has 1 aromatic carbocycles. The van der Waals surface area contributed by atoms with Crippen molar-refractivity contribution in [3.05, 3.63) is 35.2 Å². The van der Waals surface area contributed by atoms with Gasteiger partial charge in [0, 0.05) is 33.3 Å². The molecule has 188 valence electrons. The summed E-state index contributed by atoms with van der Waals surface area (Å²) in [7, 11) is 0. The number of hydrogen-bond acceptors (Lipinski definition) is 11. The Kier molecular flexibility index (Phi) is 8.35. The summed E-state index contributed by atoms with van der Waals surface area (Å²) in [5.41, 5.74) is 0.634. The molecule has 0 spiro atoms. The second kappa shape index (κ2) is 11.2. The van der Waals surface area contributed by atoms with Gasteiger partial charge < -0.3 is 28.7 Å². The molecule has 1 aliphatic rings. The predicted molar refractivity (Wildman–Crippen MR) is 120 cm³/mol. The van der Waals surface area contributed by atoms with E-state index in [4.69, 9.17) is 35.6 Å². The molecule has 1 aromatic heterocycles. The van der Waals surface area contributed by atoms with E-state index in [0.29, 0.717) is 5.56 Å². The minimum Gasteiger partial charge on any atom is -0.463 e. The van der Waals surface area contributed by atoms with Gasteiger partial charge in [0.15, 0.2) is 18.4 Å². The fourth-order valence-electron chi connectivity index (χ4n) is 3.66. The highest BCUT2D eigenvalue weighted by molar-refractivity contribution is 7.71. The first-order chi connectivity index (χ1) is 16.6. The van der Waals surface area contributed by atoms with E-state index in [9.17, 15) is 19.2 Å². The summed E-state index contributed by atoms with van der Waals surface area (Å²) in [6.45, 7) is 4.43. The van der Waals surface area contributed by atoms with Crippen LogP contribution in [0.1, 0.15) is 33.9 Å². The average Bonchev–Trinajstić information content (AvgIpc) is 3.16. The summed E-state index contributed by atoms with van der Waals surface area (Å²) >= 11 is 5.35. The lowest BCUT2D eigenvalue weighted by Crippen LogP contribution is -2.64. The molecule has 1 aliphatic heterocycles. The van der Waals surface area contributed by atoms with E-state index >= 15 is 0 Å². The average molecular weight is 508 g/mol. The van der Waals surface area contributed by atoms with E-state index in [-0.39, 0.29) is 17.3 Å². The molecule has 5 atom stereocenters. The Bertz CT molecular complexity index is 1150. The van der Waals surface area contributed by atoms with Crippen LogP contribution in [-0.2, 0) is 38.1 Å². The van der Waals surface area contributed by atoms with Crippen molar-refractivity contribution < 1.29 is 42.5 Å². The van der Waals surface area contributed by atoms with Crippen LogP contribution in [0.5, 0.6) is 0 Å². The molecule has 35 heavy (non-hydrogen) atoms. The molecule has 12 nitrogen and oxygen atoms in total. The van der Waals surface area contributed by atoms with Crippen molar-refractivity contribution >= 4 is 36.0 Å². The zero-order valence-corrected chi connectivity index (χ0v) is 20.3. The zero-order valence-electron chi connectivity index (χ0n) is 19.5. The van der Waals surface area contributed by atoms with Gasteiger partial charge in [-0.25, -0.2) is 0 Å². The van der Waals surface area contributed by atoms with Gasteiger partial charge in [0.1, 0.15) is 18.8 Å². The van der Waals surface area contributed by atoms with Gasteiger partial charge in [-0.1, -0.05) is 18.2 Å². The van der Waals surface area contributed by atoms with Gasteiger partial charge in [-0.3, -0.25) is 19.2 Å². The van der Waals surface area contributed by atoms with E-state index in [1.54, 1.807) is 24.3 Å². The third-order valence-corrected chi connectivity index (χ3v) is 5.19. The molecule has 3 rings (SSSR count). The van der Waals surface area contributed by atoms with Crippen LogP contribution in [0.3, 0.4) is 0 Å². The molecule has 2 heterocycles. The molecule has 1 saturated heterocycles. The van der Waals surface area contributed by atoms with Crippen molar-refractivity contribution in [2.75, 3.05) is 6.61 Å². The van der Waals surface area contributed by atoms with Crippen molar-refractivity contribution in [1.29, 1.82) is 0 Å². The number of aromatic nitrogens is 2. The van der Waals surface area contributed by atoms with Crippen LogP contribution in [0, 0.1) is 4.84 Å². The van der Waals surface area contributed by atoms with E-state index in [2.05, 4.69) is 10.4 Å². The molecule has 0 radical (unpaired) electrons. The molecule has 1 N–H and O–H groups in total. The van der Waals surface area contributed by atoms with Crippen molar-refractivity contribution in [1.82, 2.24) is 15.1 Å². The van der Waals surface area contributed by atoms with Gasteiger partial charge in [0.05, 0.1) is 0 Å². The number of ether oxygens (including phenoxy) is 4. The van der Waals surface area contributed by atoms with Crippen LogP contribution >= 0.6 is 12.2 Å². The Balaban J connectivity index is 2.10. The normalized spacial score (nSPS) is 23.7. The Morgan fingerprint density at radius 1 is 1.00 bits per heavy atom. The SMILES string of the molecule is CC(=O)N[C@@H]1[C@@H](OC(C)=O)[C@H](OC(C)=O)[C@@H](COC(C)=O)O[C@H]1n1nc(-c2ccccc2)oc1=S. The highest BCUT2D eigenvalue weighted by atomic mass is 32.1. The van der Waals surface area contributed by atoms with Crippen molar-refractivity contribution in [3.63, 3.8) is 0 Å². The van der Waals surface area contributed by atoms with Crippen LogP contribution in [0.15, 0.2) is 34.7 Å². The number of nitrogens with one attached hydrogen (secondary N) is 1. The minimum atomic E-state index is -1.24. The third kappa shape index (κ3) is 6.51. The lowest BCUT2D eigenvalue weighted by Gasteiger charge is -2.44. The van der Waals surface area contributed by atoms with Gasteiger partial charge in [0.25, 0.3) is 4.84 Å². The van der Waals surface area contributed by atoms with Crippen LogP contribution in [-0.4, -0.2) is 64.6 Å². The van der Waals surface area contributed by atoms with Gasteiger partial charge in [0.2, 0.25) is 11.8 Å². The summed E-state index contributed by atoms with van der Waals surface area (Å²) in [6, 6.07) is 7.83. The number of nitrogens with zero attached hydrogens (tertiary/aromatic N) is 2. The first-order valence-corrected chi connectivity index (χ1v) is 11.0. The maximum absolute atomic E-state index is 12.1. The summed E-state index contributed by atoms with van der Waals surface area (Å²) in [4.78, 5) is 47.3. The molecule has 1 fully saturated rings. The summed E-state index contributed by atoms with van der Waals surface area (Å²) in [5.74, 6) is -2.32. The lowest BCUT2D eigenvalue weighted by molar-refractivity contribution is -0.239. The number of amides is 1. The number of rotatable bonds is 7. The van der Waals surface area contributed by atoms with E-state index in [1.807, 2.05) is 6.07 Å². The Morgan fingerprint density at radius 2 is 1.63 bits per heavy atom. The second-order valence-corrected chi connectivity index (χ2v) is 8.08. The number of carbonyl (C=O) groups is 4. The summed E-state index contributed by atoms with van der Waals surface area (Å²) in [5, 5.41) is 7.07. The van der Waals surface area contributed by atoms with Crippen LogP contribution < -0.4 is 5.32 Å². The van der Waals surface area contributed by atoms with Gasteiger partial charge in [-0.15, -0.1) is 5.10 Å². The largest absolute Gasteiger partial charge is 0.463 e. The van der Waals surface area contributed by atoms with Crippen LogP contribution in [0.25, 0.3) is 11.5 Å². The predicted octanol–water partition coefficient (Wildman–Crippen LogP) is 1.70. The quantitative estimate of drug-likeness (QED) is 0.332. The van der Waals surface area contributed by atoms with E-state index in [0.717, 1.165) is 13.8 Å². The number of carbonyl (C=O) groups excluding carboxylic acids is 4. The fraction of sp³-hybridized carbons (Fsp3) is 0.455. The number of benzene rings is 1. The first kappa shape index (κ1) is 26.0. The molecule has 13 heteroatoms. The smallest absolute Gasteiger partial charge is 0.303 e. The Hall–Kier alpha value is -3.58. The summed E-state index contributed by atoms with van der Waals surface area (Å²) in [6.07, 6.45) is -4.73. The summed E-state index contributed by atoms with van der Waals surface area (Å²) < 4.78 is 28.9. The van der Waals surface area contributed by atoms with Gasteiger partial charge in [-0.05, 0) is 24.4 Å². The van der Waals surface area contributed by atoms with Gasteiger partial charge in [-0.2, -0.15) is 4.68 Å². The highest BCUT2D eigenvalue weighted by Gasteiger charge is 2.52. The molecular weight excluding hydrogens is 482 g/mol. The molecule has 2 aromatic rings. The van der Waals surface area contributed by atoms with E-state index < -0.39 is 54.4 Å². The van der Waals surface area contributed by atoms with Crippen molar-refractivity contribution in [2.45, 2.75) is 58.3 Å². The highest BCUT2D eigenvalue weighted by Crippen LogP contribution is 2.33. The molecule has 1 amide bonds. The van der Waals surface area contributed by atoms with Crippen molar-refractivity contribution in [3.8, 4) is 11.5 Å². The molecule has 0 bridgehead atoms.